The van der Waals surface area contributed by atoms with E-state index in [1.807, 2.05) is 18.5 Å². The fourth-order valence-corrected chi connectivity index (χ4v) is 3.19. The summed E-state index contributed by atoms with van der Waals surface area (Å²) in [7, 11) is 1.96. The van der Waals surface area contributed by atoms with E-state index in [0.717, 1.165) is 50.1 Å². The zero-order valence-corrected chi connectivity index (χ0v) is 20.1. The van der Waals surface area contributed by atoms with Crippen molar-refractivity contribution in [3.05, 3.63) is 47.0 Å². The minimum atomic E-state index is 0. The highest BCUT2D eigenvalue weighted by Gasteiger charge is 2.16. The van der Waals surface area contributed by atoms with Crippen LogP contribution in [0.15, 0.2) is 29.3 Å². The van der Waals surface area contributed by atoms with Crippen molar-refractivity contribution >= 4 is 29.9 Å². The van der Waals surface area contributed by atoms with E-state index in [4.69, 9.17) is 9.73 Å². The lowest BCUT2D eigenvalue weighted by atomic mass is 10.0. The number of halogens is 1. The molecule has 2 heterocycles. The second kappa shape index (κ2) is 11.5. The molecule has 29 heavy (non-hydrogen) atoms. The number of nitrogens with zero attached hydrogens (tertiary/aromatic N) is 4. The molecule has 8 heteroatoms. The highest BCUT2D eigenvalue weighted by Crippen LogP contribution is 2.15. The van der Waals surface area contributed by atoms with Crippen LogP contribution in [-0.4, -0.2) is 46.5 Å². The number of aryl methyl sites for hydroxylation is 2. The van der Waals surface area contributed by atoms with Gasteiger partial charge in [-0.1, -0.05) is 36.8 Å². The second-order valence-corrected chi connectivity index (χ2v) is 7.60. The van der Waals surface area contributed by atoms with Crippen molar-refractivity contribution < 1.29 is 4.74 Å². The maximum absolute atomic E-state index is 5.72. The van der Waals surface area contributed by atoms with Gasteiger partial charge in [0, 0.05) is 26.7 Å². The largest absolute Gasteiger partial charge is 0.376 e. The third kappa shape index (κ3) is 6.95. The molecule has 1 saturated heterocycles. The minimum absolute atomic E-state index is 0. The monoisotopic (exact) mass is 512 g/mol. The Kier molecular flexibility index (Phi) is 9.35. The predicted molar refractivity (Wildman–Crippen MR) is 127 cm³/mol. The van der Waals surface area contributed by atoms with Gasteiger partial charge in [-0.2, -0.15) is 0 Å². The maximum Gasteiger partial charge on any atom is 0.191 e. The van der Waals surface area contributed by atoms with Crippen molar-refractivity contribution in [1.82, 2.24) is 25.4 Å². The summed E-state index contributed by atoms with van der Waals surface area (Å²) in [5.41, 5.74) is 2.60. The van der Waals surface area contributed by atoms with Gasteiger partial charge in [0.1, 0.15) is 12.4 Å². The van der Waals surface area contributed by atoms with Gasteiger partial charge in [0.15, 0.2) is 11.8 Å². The molecular weight excluding hydrogens is 479 g/mol. The Bertz CT molecular complexity index is 783. The van der Waals surface area contributed by atoms with Crippen LogP contribution in [0.4, 0.5) is 0 Å². The number of rotatable bonds is 7. The summed E-state index contributed by atoms with van der Waals surface area (Å²) >= 11 is 0. The normalized spacial score (nSPS) is 17.7. The molecule has 2 N–H and O–H groups in total. The van der Waals surface area contributed by atoms with Crippen LogP contribution >= 0.6 is 24.0 Å². The average Bonchev–Trinajstić information content (AvgIpc) is 3.32. The Morgan fingerprint density at radius 1 is 1.24 bits per heavy atom. The summed E-state index contributed by atoms with van der Waals surface area (Å²) in [5, 5.41) is 15.2. The summed E-state index contributed by atoms with van der Waals surface area (Å²) < 4.78 is 7.69. The first-order valence-electron chi connectivity index (χ1n) is 10.1. The van der Waals surface area contributed by atoms with Crippen LogP contribution in [0.25, 0.3) is 0 Å². The van der Waals surface area contributed by atoms with Crippen molar-refractivity contribution in [1.29, 1.82) is 0 Å². The first-order valence-corrected chi connectivity index (χ1v) is 10.1. The molecule has 0 aliphatic carbocycles. The molecule has 7 nitrogen and oxygen atoms in total. The highest BCUT2D eigenvalue weighted by molar-refractivity contribution is 14.0. The first kappa shape index (κ1) is 23.6. The fourth-order valence-electron chi connectivity index (χ4n) is 3.19. The third-order valence-electron chi connectivity index (χ3n) is 5.30. The van der Waals surface area contributed by atoms with Gasteiger partial charge in [0.25, 0.3) is 0 Å². The standard InChI is InChI=1S/C21H32N6O.HI/c1-15-7-9-18(10-8-15)16(2)12-22-21(23-13-19-6-5-11-28-19)24-14-20-26-25-17(3)27(20)4;/h7-10,16,19H,5-6,11-14H2,1-4H3,(H2,22,23,24);1H. The second-order valence-electron chi connectivity index (χ2n) is 7.60. The molecule has 1 aliphatic heterocycles. The Hall–Kier alpha value is -1.68. The van der Waals surface area contributed by atoms with Gasteiger partial charge in [-0.15, -0.1) is 34.2 Å². The lowest BCUT2D eigenvalue weighted by Gasteiger charge is -2.18. The summed E-state index contributed by atoms with van der Waals surface area (Å²) in [6, 6.07) is 8.71. The van der Waals surface area contributed by atoms with Gasteiger partial charge in [-0.3, -0.25) is 0 Å². The topological polar surface area (TPSA) is 76.4 Å². The third-order valence-corrected chi connectivity index (χ3v) is 5.30. The van der Waals surface area contributed by atoms with Crippen LogP contribution in [0.5, 0.6) is 0 Å². The fraction of sp³-hybridized carbons (Fsp3) is 0.571. The van der Waals surface area contributed by atoms with Crippen molar-refractivity contribution in [2.45, 2.75) is 52.2 Å². The van der Waals surface area contributed by atoms with Crippen LogP contribution in [0.2, 0.25) is 0 Å². The lowest BCUT2D eigenvalue weighted by Crippen LogP contribution is -2.42. The van der Waals surface area contributed by atoms with Crippen LogP contribution in [-0.2, 0) is 18.3 Å². The van der Waals surface area contributed by atoms with E-state index in [0.29, 0.717) is 12.5 Å². The SMILES string of the molecule is Cc1ccc(C(C)CNC(=NCc2nnc(C)n2C)NCC2CCCO2)cc1.I. The number of benzene rings is 1. The predicted octanol–water partition coefficient (Wildman–Crippen LogP) is 3.07. The van der Waals surface area contributed by atoms with Crippen molar-refractivity contribution in [3.8, 4) is 0 Å². The highest BCUT2D eigenvalue weighted by atomic mass is 127. The molecule has 3 rings (SSSR count). The summed E-state index contributed by atoms with van der Waals surface area (Å²) in [4.78, 5) is 4.72. The van der Waals surface area contributed by atoms with E-state index >= 15 is 0 Å². The number of guanidine groups is 1. The van der Waals surface area contributed by atoms with Crippen molar-refractivity contribution in [2.24, 2.45) is 12.0 Å². The van der Waals surface area contributed by atoms with E-state index in [1.165, 1.54) is 11.1 Å². The molecule has 0 amide bonds. The summed E-state index contributed by atoms with van der Waals surface area (Å²) in [6.07, 6.45) is 2.50. The molecule has 0 radical (unpaired) electrons. The number of aliphatic imine (C=N–C) groups is 1. The van der Waals surface area contributed by atoms with E-state index in [1.54, 1.807) is 0 Å². The Morgan fingerprint density at radius 3 is 2.62 bits per heavy atom. The lowest BCUT2D eigenvalue weighted by molar-refractivity contribution is 0.114. The van der Waals surface area contributed by atoms with Crippen LogP contribution < -0.4 is 10.6 Å². The molecule has 1 aromatic heterocycles. The molecule has 160 valence electrons. The van der Waals surface area contributed by atoms with E-state index in [9.17, 15) is 0 Å². The first-order chi connectivity index (χ1) is 13.5. The Labute approximate surface area is 190 Å². The molecule has 0 saturated carbocycles. The quantitative estimate of drug-likeness (QED) is 0.339. The molecule has 1 aliphatic rings. The molecule has 1 fully saturated rings. The van der Waals surface area contributed by atoms with Crippen LogP contribution in [0.1, 0.15) is 48.5 Å². The van der Waals surface area contributed by atoms with Gasteiger partial charge in [0.05, 0.1) is 6.10 Å². The Morgan fingerprint density at radius 2 is 2.00 bits per heavy atom. The molecule has 0 bridgehead atoms. The number of nitrogens with one attached hydrogen (secondary N) is 2. The van der Waals surface area contributed by atoms with Crippen LogP contribution in [0, 0.1) is 13.8 Å². The van der Waals surface area contributed by atoms with E-state index in [2.05, 4.69) is 58.9 Å². The van der Waals surface area contributed by atoms with Crippen molar-refractivity contribution in [2.75, 3.05) is 19.7 Å². The van der Waals surface area contributed by atoms with E-state index < -0.39 is 0 Å². The average molecular weight is 512 g/mol. The zero-order valence-electron chi connectivity index (χ0n) is 17.8. The van der Waals surface area contributed by atoms with Gasteiger partial charge in [0.2, 0.25) is 0 Å². The smallest absolute Gasteiger partial charge is 0.191 e. The molecule has 0 spiro atoms. The van der Waals surface area contributed by atoms with Crippen molar-refractivity contribution in [3.63, 3.8) is 0 Å². The molecule has 2 aromatic rings. The minimum Gasteiger partial charge on any atom is -0.376 e. The van der Waals surface area contributed by atoms with Gasteiger partial charge < -0.3 is 19.9 Å². The number of hydrogen-bond acceptors (Lipinski definition) is 4. The van der Waals surface area contributed by atoms with E-state index in [-0.39, 0.29) is 30.1 Å². The van der Waals surface area contributed by atoms with Gasteiger partial charge in [-0.25, -0.2) is 4.99 Å². The Balaban J connectivity index is 0.00000300. The van der Waals surface area contributed by atoms with Gasteiger partial charge >= 0.3 is 0 Å². The summed E-state index contributed by atoms with van der Waals surface area (Å²) in [6.45, 7) is 9.19. The summed E-state index contributed by atoms with van der Waals surface area (Å²) in [5.74, 6) is 2.91. The maximum atomic E-state index is 5.72. The van der Waals surface area contributed by atoms with Crippen LogP contribution in [0.3, 0.4) is 0 Å². The molecule has 2 unspecified atom stereocenters. The molecule has 1 aromatic carbocycles. The molecular formula is C21H33IN6O. The molecule has 2 atom stereocenters. The number of hydrogen-bond donors (Lipinski definition) is 2. The zero-order chi connectivity index (χ0) is 19.9. The van der Waals surface area contributed by atoms with Gasteiger partial charge in [-0.05, 0) is 38.2 Å². The number of ether oxygens (including phenoxy) is 1. The number of aromatic nitrogens is 3.